The molecule has 1 saturated heterocycles. The van der Waals surface area contributed by atoms with E-state index in [1.54, 1.807) is 0 Å². The van der Waals surface area contributed by atoms with Crippen molar-refractivity contribution in [2.24, 2.45) is 5.92 Å². The normalized spacial score (nSPS) is 13.9. The minimum absolute atomic E-state index is 0. The maximum Gasteiger partial charge on any atom is 0.331 e. The molecule has 1 heterocycles. The van der Waals surface area contributed by atoms with Gasteiger partial charge in [-0.15, -0.1) is 0 Å². The van der Waals surface area contributed by atoms with Gasteiger partial charge < -0.3 is 26.0 Å². The van der Waals surface area contributed by atoms with Gasteiger partial charge in [-0.2, -0.15) is 0 Å². The fourth-order valence-electron chi connectivity index (χ4n) is 2.46. The van der Waals surface area contributed by atoms with E-state index in [9.17, 15) is 28.0 Å². The Morgan fingerprint density at radius 3 is 1.76 bits per heavy atom. The number of amides is 1. The number of nitrogens with two attached hydrogens (primary N) is 1. The van der Waals surface area contributed by atoms with E-state index in [1.165, 1.54) is 53.4 Å². The molecule has 3 rings (SSSR count). The van der Waals surface area contributed by atoms with Gasteiger partial charge in [-0.25, -0.2) is 13.6 Å². The molecule has 2 aromatic carbocycles. The summed E-state index contributed by atoms with van der Waals surface area (Å²) in [6, 6.07) is 11.1. The van der Waals surface area contributed by atoms with Crippen LogP contribution in [0.15, 0.2) is 60.7 Å². The smallest absolute Gasteiger partial charge is 0.331 e. The zero-order chi connectivity index (χ0) is 25.1. The van der Waals surface area contributed by atoms with Gasteiger partial charge in [0.25, 0.3) is 0 Å². The number of rotatable bonds is 5. The molecule has 0 radical (unpaired) electrons. The molecule has 2 aromatic rings. The number of carbonyl (C=O) groups excluding carboxylic acids is 1. The summed E-state index contributed by atoms with van der Waals surface area (Å²) < 4.78 is 24.7. The highest BCUT2D eigenvalue weighted by molar-refractivity contribution is 5.99. The molecule has 0 aliphatic carbocycles. The number of anilines is 2. The first-order chi connectivity index (χ1) is 15.4. The van der Waals surface area contributed by atoms with Crippen LogP contribution >= 0.6 is 0 Å². The number of carbonyl (C=O) groups is 4. The van der Waals surface area contributed by atoms with Crippen molar-refractivity contribution in [2.75, 3.05) is 17.2 Å². The van der Waals surface area contributed by atoms with Crippen LogP contribution in [0.3, 0.4) is 0 Å². The molecule has 0 spiro atoms. The van der Waals surface area contributed by atoms with Crippen LogP contribution < -0.4 is 10.6 Å². The highest BCUT2D eigenvalue weighted by Gasteiger charge is 2.34. The van der Waals surface area contributed by atoms with Crippen molar-refractivity contribution in [3.8, 4) is 0 Å². The summed E-state index contributed by atoms with van der Waals surface area (Å²) in [5.74, 6) is -4.96. The van der Waals surface area contributed by atoms with Crippen LogP contribution in [0.1, 0.15) is 20.3 Å². The average molecular weight is 480 g/mol. The predicted octanol–water partition coefficient (Wildman–Crippen LogP) is 3.41. The zero-order valence-electron chi connectivity index (χ0n) is 17.3. The molecular weight excluding hydrogens is 454 g/mol. The maximum atomic E-state index is 12.7. The molecule has 0 aromatic heterocycles. The molecule has 0 saturated carbocycles. The van der Waals surface area contributed by atoms with Gasteiger partial charge in [0.15, 0.2) is 0 Å². The second-order valence-corrected chi connectivity index (χ2v) is 6.75. The van der Waals surface area contributed by atoms with Gasteiger partial charge >= 0.3 is 17.9 Å². The van der Waals surface area contributed by atoms with Crippen molar-refractivity contribution in [1.29, 1.82) is 0 Å². The fraction of sp³-hybridized carbons (Fsp3) is 0.217. The van der Waals surface area contributed by atoms with Crippen molar-refractivity contribution in [1.82, 2.24) is 0 Å². The maximum absolute atomic E-state index is 12.7. The molecule has 184 valence electrons. The SMILES string of the molecule is C.C=C(CC(=O)O)C(=O)O.Nc1ccc(F)cc1.O=C(O)C1CC(=O)N(c2ccc(F)cc2)C1. The molecule has 11 heteroatoms. The lowest BCUT2D eigenvalue weighted by Gasteiger charge is -2.15. The van der Waals surface area contributed by atoms with Gasteiger partial charge in [0, 0.05) is 29.9 Å². The van der Waals surface area contributed by atoms with Crippen LogP contribution in [-0.4, -0.2) is 45.7 Å². The lowest BCUT2D eigenvalue weighted by molar-refractivity contribution is -0.141. The Morgan fingerprint density at radius 1 is 0.971 bits per heavy atom. The predicted molar refractivity (Wildman–Crippen MR) is 121 cm³/mol. The lowest BCUT2D eigenvalue weighted by atomic mass is 10.1. The van der Waals surface area contributed by atoms with Crippen LogP contribution in [-0.2, 0) is 19.2 Å². The van der Waals surface area contributed by atoms with Gasteiger partial charge in [0.2, 0.25) is 5.91 Å². The molecule has 1 fully saturated rings. The quantitative estimate of drug-likeness (QED) is 0.374. The molecule has 1 amide bonds. The molecule has 1 unspecified atom stereocenters. The van der Waals surface area contributed by atoms with E-state index in [1.807, 2.05) is 0 Å². The largest absolute Gasteiger partial charge is 0.481 e. The lowest BCUT2D eigenvalue weighted by Crippen LogP contribution is -2.25. The molecule has 1 aliphatic heterocycles. The van der Waals surface area contributed by atoms with Crippen molar-refractivity contribution in [3.05, 3.63) is 72.3 Å². The number of benzene rings is 2. The van der Waals surface area contributed by atoms with Gasteiger partial charge in [0.1, 0.15) is 11.6 Å². The van der Waals surface area contributed by atoms with Gasteiger partial charge in [0.05, 0.1) is 12.3 Å². The number of hydrogen-bond donors (Lipinski definition) is 4. The first-order valence-electron chi connectivity index (χ1n) is 9.33. The van der Waals surface area contributed by atoms with E-state index in [0.29, 0.717) is 11.4 Å². The Kier molecular flexibility index (Phi) is 12.2. The van der Waals surface area contributed by atoms with E-state index >= 15 is 0 Å². The summed E-state index contributed by atoms with van der Waals surface area (Å²) in [5, 5.41) is 24.9. The highest BCUT2D eigenvalue weighted by atomic mass is 19.1. The first-order valence-corrected chi connectivity index (χ1v) is 9.33. The van der Waals surface area contributed by atoms with Crippen molar-refractivity contribution < 1.29 is 43.3 Å². The fourth-order valence-corrected chi connectivity index (χ4v) is 2.46. The molecule has 1 aliphatic rings. The second-order valence-electron chi connectivity index (χ2n) is 6.75. The van der Waals surface area contributed by atoms with Crippen LogP contribution in [0.4, 0.5) is 20.2 Å². The average Bonchev–Trinajstić information content (AvgIpc) is 3.13. The third-order valence-corrected chi connectivity index (χ3v) is 4.15. The van der Waals surface area contributed by atoms with E-state index in [-0.39, 0.29) is 43.5 Å². The monoisotopic (exact) mass is 480 g/mol. The zero-order valence-corrected chi connectivity index (χ0v) is 17.3. The summed E-state index contributed by atoms with van der Waals surface area (Å²) in [5.41, 5.74) is 6.08. The molecular formula is C23H26F2N2O7. The summed E-state index contributed by atoms with van der Waals surface area (Å²) in [4.78, 5) is 43.3. The Morgan fingerprint density at radius 2 is 1.44 bits per heavy atom. The Bertz CT molecular complexity index is 988. The van der Waals surface area contributed by atoms with Gasteiger partial charge in [-0.1, -0.05) is 14.0 Å². The third kappa shape index (κ3) is 10.4. The molecule has 1 atom stereocenters. The second kappa shape index (κ2) is 14.0. The Balaban J connectivity index is 0.000000519. The number of nitrogen functional groups attached to an aromatic ring is 1. The van der Waals surface area contributed by atoms with Crippen LogP contribution in [0, 0.1) is 17.6 Å². The van der Waals surface area contributed by atoms with E-state index in [0.717, 1.165) is 0 Å². The molecule has 9 nitrogen and oxygen atoms in total. The third-order valence-electron chi connectivity index (χ3n) is 4.15. The Hall–Kier alpha value is -4.28. The number of aliphatic carboxylic acids is 3. The summed E-state index contributed by atoms with van der Waals surface area (Å²) in [6.45, 7) is 3.17. The standard InChI is InChI=1S/C11H10FNO3.C6H6FN.C5H6O4.CH4/c12-8-1-3-9(4-2-8)13-6-7(11(15)16)5-10(13)14;7-5-1-3-6(8)4-2-5;1-3(5(8)9)2-4(6)7;/h1-4,7H,5-6H2,(H,15,16);1-4H,8H2;1-2H2,(H,6,7)(H,8,9);1H4. The summed E-state index contributed by atoms with van der Waals surface area (Å²) >= 11 is 0. The minimum atomic E-state index is -1.27. The van der Waals surface area contributed by atoms with Crippen molar-refractivity contribution in [3.63, 3.8) is 0 Å². The molecule has 0 bridgehead atoms. The van der Waals surface area contributed by atoms with Gasteiger partial charge in [-0.05, 0) is 48.5 Å². The van der Waals surface area contributed by atoms with E-state index in [2.05, 4.69) is 6.58 Å². The molecule has 34 heavy (non-hydrogen) atoms. The summed E-state index contributed by atoms with van der Waals surface area (Å²) in [7, 11) is 0. The number of carboxylic acid groups (broad SMARTS) is 3. The topological polar surface area (TPSA) is 158 Å². The number of nitrogens with zero attached hydrogens (tertiary/aromatic N) is 1. The minimum Gasteiger partial charge on any atom is -0.481 e. The summed E-state index contributed by atoms with van der Waals surface area (Å²) in [6.07, 6.45) is -0.498. The number of hydrogen-bond acceptors (Lipinski definition) is 5. The van der Waals surface area contributed by atoms with E-state index in [4.69, 9.17) is 21.1 Å². The molecule has 5 N–H and O–H groups in total. The van der Waals surface area contributed by atoms with Crippen LogP contribution in [0.5, 0.6) is 0 Å². The Labute approximate surface area is 194 Å². The highest BCUT2D eigenvalue weighted by Crippen LogP contribution is 2.25. The van der Waals surface area contributed by atoms with Crippen molar-refractivity contribution in [2.45, 2.75) is 20.3 Å². The number of halogens is 2. The van der Waals surface area contributed by atoms with Crippen molar-refractivity contribution >= 4 is 35.2 Å². The van der Waals surface area contributed by atoms with Crippen LogP contribution in [0.2, 0.25) is 0 Å². The number of carboxylic acids is 3. The van der Waals surface area contributed by atoms with Gasteiger partial charge in [-0.3, -0.25) is 14.4 Å². The van der Waals surface area contributed by atoms with Crippen LogP contribution in [0.25, 0.3) is 0 Å². The first kappa shape index (κ1) is 29.7. The van der Waals surface area contributed by atoms with E-state index < -0.39 is 30.2 Å².